The van der Waals surface area contributed by atoms with Crippen LogP contribution in [0.3, 0.4) is 0 Å². The molecule has 0 aromatic carbocycles. The molecule has 4 nitrogen and oxygen atoms in total. The normalized spacial score (nSPS) is 12.2. The smallest absolute Gasteiger partial charge is 0.141 e. The zero-order valence-electron chi connectivity index (χ0n) is 9.30. The Balaban J connectivity index is 2.33. The lowest BCUT2D eigenvalue weighted by molar-refractivity contribution is 0.412. The second-order valence-corrected chi connectivity index (χ2v) is 3.57. The van der Waals surface area contributed by atoms with Crippen molar-refractivity contribution in [1.82, 2.24) is 9.97 Å². The molecule has 0 fully saturated rings. The van der Waals surface area contributed by atoms with E-state index in [1.807, 2.05) is 0 Å². The van der Waals surface area contributed by atoms with Crippen molar-refractivity contribution in [3.05, 3.63) is 53.9 Å². The number of ether oxygens (including phenoxy) is 1. The lowest BCUT2D eigenvalue weighted by Crippen LogP contribution is -2.12. The molecule has 2 rings (SSSR count). The van der Waals surface area contributed by atoms with Crippen molar-refractivity contribution in [2.24, 2.45) is 5.73 Å². The van der Waals surface area contributed by atoms with Crippen LogP contribution in [0.15, 0.2) is 36.9 Å². The summed E-state index contributed by atoms with van der Waals surface area (Å²) in [4.78, 5) is 7.77. The highest BCUT2D eigenvalue weighted by Gasteiger charge is 2.11. The van der Waals surface area contributed by atoms with Crippen LogP contribution in [0.5, 0.6) is 5.75 Å². The maximum Gasteiger partial charge on any atom is 0.141 e. The standard InChI is InChI=1S/C12H12FN3O/c1-17-11-3-9(5-16-7-11)12(14)8-2-10(13)6-15-4-8/h2-7,12H,14H2,1H3. The van der Waals surface area contributed by atoms with E-state index in [-0.39, 0.29) is 0 Å². The van der Waals surface area contributed by atoms with Crippen LogP contribution in [0.2, 0.25) is 0 Å². The van der Waals surface area contributed by atoms with Crippen molar-refractivity contribution >= 4 is 0 Å². The van der Waals surface area contributed by atoms with E-state index in [0.29, 0.717) is 11.3 Å². The van der Waals surface area contributed by atoms with E-state index < -0.39 is 11.9 Å². The highest BCUT2D eigenvalue weighted by Crippen LogP contribution is 2.21. The Morgan fingerprint density at radius 2 is 1.76 bits per heavy atom. The molecule has 2 aromatic heterocycles. The molecule has 1 unspecified atom stereocenters. The molecule has 0 saturated heterocycles. The number of nitrogens with zero attached hydrogens (tertiary/aromatic N) is 2. The van der Waals surface area contributed by atoms with Gasteiger partial charge >= 0.3 is 0 Å². The first-order chi connectivity index (χ1) is 8.20. The molecule has 88 valence electrons. The summed E-state index contributed by atoms with van der Waals surface area (Å²) in [6.07, 6.45) is 5.88. The molecule has 0 aliphatic heterocycles. The van der Waals surface area contributed by atoms with Crippen LogP contribution in [-0.4, -0.2) is 17.1 Å². The molecule has 0 aliphatic carbocycles. The monoisotopic (exact) mass is 233 g/mol. The zero-order chi connectivity index (χ0) is 12.3. The average Bonchev–Trinajstić information content (AvgIpc) is 2.38. The molecule has 0 saturated carbocycles. The van der Waals surface area contributed by atoms with E-state index in [0.717, 1.165) is 11.8 Å². The van der Waals surface area contributed by atoms with Gasteiger partial charge in [-0.3, -0.25) is 9.97 Å². The highest BCUT2D eigenvalue weighted by molar-refractivity contribution is 5.32. The average molecular weight is 233 g/mol. The van der Waals surface area contributed by atoms with Crippen molar-refractivity contribution in [2.45, 2.75) is 6.04 Å². The quantitative estimate of drug-likeness (QED) is 0.876. The van der Waals surface area contributed by atoms with E-state index in [2.05, 4.69) is 9.97 Å². The molecular formula is C12H12FN3O. The van der Waals surface area contributed by atoms with Gasteiger partial charge in [-0.15, -0.1) is 0 Å². The van der Waals surface area contributed by atoms with Gasteiger partial charge in [-0.1, -0.05) is 0 Å². The van der Waals surface area contributed by atoms with Crippen LogP contribution in [0.1, 0.15) is 17.2 Å². The molecule has 1 atom stereocenters. The molecule has 0 amide bonds. The Labute approximate surface area is 98.3 Å². The van der Waals surface area contributed by atoms with Gasteiger partial charge in [0.05, 0.1) is 25.5 Å². The van der Waals surface area contributed by atoms with Crippen LogP contribution >= 0.6 is 0 Å². The fourth-order valence-corrected chi connectivity index (χ4v) is 1.51. The van der Waals surface area contributed by atoms with Crippen LogP contribution in [0.25, 0.3) is 0 Å². The molecule has 17 heavy (non-hydrogen) atoms. The summed E-state index contributed by atoms with van der Waals surface area (Å²) in [7, 11) is 1.55. The first kappa shape index (κ1) is 11.5. The number of hydrogen-bond donors (Lipinski definition) is 1. The van der Waals surface area contributed by atoms with Crippen molar-refractivity contribution in [3.8, 4) is 5.75 Å². The molecule has 0 spiro atoms. The van der Waals surface area contributed by atoms with Gasteiger partial charge in [-0.05, 0) is 23.3 Å². The van der Waals surface area contributed by atoms with Crippen molar-refractivity contribution < 1.29 is 9.13 Å². The number of halogens is 1. The predicted octanol–water partition coefficient (Wildman–Crippen LogP) is 1.67. The predicted molar refractivity (Wildman–Crippen MR) is 61.0 cm³/mol. The van der Waals surface area contributed by atoms with Crippen LogP contribution in [0, 0.1) is 5.82 Å². The van der Waals surface area contributed by atoms with E-state index in [1.54, 1.807) is 25.6 Å². The maximum absolute atomic E-state index is 13.0. The molecule has 0 bridgehead atoms. The van der Waals surface area contributed by atoms with Crippen molar-refractivity contribution in [1.29, 1.82) is 0 Å². The second-order valence-electron chi connectivity index (χ2n) is 3.57. The summed E-state index contributed by atoms with van der Waals surface area (Å²) in [5.74, 6) is 0.205. The largest absolute Gasteiger partial charge is 0.495 e. The fourth-order valence-electron chi connectivity index (χ4n) is 1.51. The highest BCUT2D eigenvalue weighted by atomic mass is 19.1. The minimum absolute atomic E-state index is 0.409. The lowest BCUT2D eigenvalue weighted by Gasteiger charge is -2.12. The third-order valence-electron chi connectivity index (χ3n) is 2.41. The number of pyridine rings is 2. The molecule has 0 aliphatic rings. The van der Waals surface area contributed by atoms with Gasteiger partial charge in [0.2, 0.25) is 0 Å². The summed E-state index contributed by atoms with van der Waals surface area (Å²) in [5.41, 5.74) is 7.35. The van der Waals surface area contributed by atoms with E-state index in [4.69, 9.17) is 10.5 Å². The summed E-state index contributed by atoms with van der Waals surface area (Å²) in [6.45, 7) is 0. The molecule has 2 heterocycles. The number of rotatable bonds is 3. The summed E-state index contributed by atoms with van der Waals surface area (Å²) >= 11 is 0. The number of aromatic nitrogens is 2. The van der Waals surface area contributed by atoms with Crippen molar-refractivity contribution in [2.75, 3.05) is 7.11 Å². The SMILES string of the molecule is COc1cncc(C(N)c2cncc(F)c2)c1. The Hall–Kier alpha value is -2.01. The van der Waals surface area contributed by atoms with Gasteiger partial charge in [0, 0.05) is 12.4 Å². The zero-order valence-corrected chi connectivity index (χ0v) is 9.30. The summed E-state index contributed by atoms with van der Waals surface area (Å²) in [5, 5.41) is 0. The molecule has 5 heteroatoms. The molecule has 2 aromatic rings. The van der Waals surface area contributed by atoms with Crippen LogP contribution in [0.4, 0.5) is 4.39 Å². The van der Waals surface area contributed by atoms with E-state index in [9.17, 15) is 4.39 Å². The topological polar surface area (TPSA) is 61.0 Å². The minimum Gasteiger partial charge on any atom is -0.495 e. The molecular weight excluding hydrogens is 221 g/mol. The summed E-state index contributed by atoms with van der Waals surface area (Å²) in [6, 6.07) is 2.65. The fraction of sp³-hybridized carbons (Fsp3) is 0.167. The van der Waals surface area contributed by atoms with Gasteiger partial charge in [0.15, 0.2) is 0 Å². The Kier molecular flexibility index (Phi) is 3.30. The first-order valence-corrected chi connectivity index (χ1v) is 5.05. The minimum atomic E-state index is -0.471. The Morgan fingerprint density at radius 3 is 2.41 bits per heavy atom. The molecule has 0 radical (unpaired) electrons. The Morgan fingerprint density at radius 1 is 1.12 bits per heavy atom. The van der Waals surface area contributed by atoms with Crippen LogP contribution in [-0.2, 0) is 0 Å². The molecule has 2 N–H and O–H groups in total. The third kappa shape index (κ3) is 2.57. The van der Waals surface area contributed by atoms with Gasteiger partial charge < -0.3 is 10.5 Å². The first-order valence-electron chi connectivity index (χ1n) is 5.05. The number of methoxy groups -OCH3 is 1. The van der Waals surface area contributed by atoms with Crippen molar-refractivity contribution in [3.63, 3.8) is 0 Å². The summed E-state index contributed by atoms with van der Waals surface area (Å²) < 4.78 is 18.1. The van der Waals surface area contributed by atoms with Crippen LogP contribution < -0.4 is 10.5 Å². The van der Waals surface area contributed by atoms with E-state index in [1.165, 1.54) is 12.3 Å². The second kappa shape index (κ2) is 4.88. The number of hydrogen-bond acceptors (Lipinski definition) is 4. The number of nitrogens with two attached hydrogens (primary N) is 1. The van der Waals surface area contributed by atoms with Gasteiger partial charge in [0.1, 0.15) is 11.6 Å². The Bertz CT molecular complexity index is 519. The third-order valence-corrected chi connectivity index (χ3v) is 2.41. The van der Waals surface area contributed by atoms with E-state index >= 15 is 0 Å². The van der Waals surface area contributed by atoms with Gasteiger partial charge in [-0.2, -0.15) is 0 Å². The maximum atomic E-state index is 13.0. The van der Waals surface area contributed by atoms with Gasteiger partial charge in [0.25, 0.3) is 0 Å². The van der Waals surface area contributed by atoms with Gasteiger partial charge in [-0.25, -0.2) is 4.39 Å². The lowest BCUT2D eigenvalue weighted by atomic mass is 10.0.